The van der Waals surface area contributed by atoms with Crippen LogP contribution in [0.4, 0.5) is 10.5 Å². The molecule has 2 atom stereocenters. The summed E-state index contributed by atoms with van der Waals surface area (Å²) in [6, 6.07) is 6.01. The van der Waals surface area contributed by atoms with Crippen molar-refractivity contribution < 1.29 is 14.6 Å². The number of likely N-dealkylation sites (tertiary alicyclic amines) is 1. The van der Waals surface area contributed by atoms with E-state index in [9.17, 15) is 9.90 Å². The molecule has 0 aliphatic carbocycles. The van der Waals surface area contributed by atoms with Crippen LogP contribution in [-0.4, -0.2) is 55.8 Å². The first-order valence-corrected chi connectivity index (χ1v) is 13.1. The molecular weight excluding hydrogens is 490 g/mol. The zero-order chi connectivity index (χ0) is 27.0. The van der Waals surface area contributed by atoms with Gasteiger partial charge in [-0.3, -0.25) is 4.98 Å². The van der Waals surface area contributed by atoms with Gasteiger partial charge in [-0.1, -0.05) is 17.7 Å². The molecule has 0 spiro atoms. The predicted molar refractivity (Wildman–Crippen MR) is 147 cm³/mol. The molecule has 3 heterocycles. The lowest BCUT2D eigenvalue weighted by Gasteiger charge is -2.37. The number of ether oxygens (including phenoxy) is 1. The molecule has 1 fully saturated rings. The van der Waals surface area contributed by atoms with E-state index in [0.29, 0.717) is 23.9 Å². The van der Waals surface area contributed by atoms with Gasteiger partial charge in [-0.15, -0.1) is 0 Å². The summed E-state index contributed by atoms with van der Waals surface area (Å²) in [4.78, 5) is 27.6. The average molecular weight is 526 g/mol. The van der Waals surface area contributed by atoms with Gasteiger partial charge in [0.1, 0.15) is 11.2 Å². The molecule has 9 heteroatoms. The van der Waals surface area contributed by atoms with Crippen LogP contribution in [0.2, 0.25) is 5.02 Å². The van der Waals surface area contributed by atoms with Crippen LogP contribution in [0.25, 0.3) is 22.0 Å². The Bertz CT molecular complexity index is 1270. The van der Waals surface area contributed by atoms with Crippen LogP contribution >= 0.6 is 11.6 Å². The van der Waals surface area contributed by atoms with Crippen molar-refractivity contribution in [3.63, 3.8) is 0 Å². The number of benzene rings is 1. The summed E-state index contributed by atoms with van der Waals surface area (Å²) in [6.45, 7) is 12.4. The second-order valence-electron chi connectivity index (χ2n) is 11.3. The van der Waals surface area contributed by atoms with E-state index in [0.717, 1.165) is 40.6 Å². The number of amides is 1. The van der Waals surface area contributed by atoms with Gasteiger partial charge >= 0.3 is 6.09 Å². The van der Waals surface area contributed by atoms with Crippen molar-refractivity contribution in [1.29, 1.82) is 0 Å². The normalized spacial score (nSPS) is 17.5. The third-order valence-electron chi connectivity index (χ3n) is 6.54. The molecule has 37 heavy (non-hydrogen) atoms. The molecule has 1 unspecified atom stereocenters. The van der Waals surface area contributed by atoms with E-state index in [1.165, 1.54) is 0 Å². The number of aromatic nitrogens is 3. The van der Waals surface area contributed by atoms with Gasteiger partial charge in [-0.05, 0) is 78.0 Å². The zero-order valence-corrected chi connectivity index (χ0v) is 23.1. The van der Waals surface area contributed by atoms with Crippen molar-refractivity contribution >= 4 is 34.3 Å². The van der Waals surface area contributed by atoms with Gasteiger partial charge in [0.15, 0.2) is 5.82 Å². The molecule has 2 aromatic heterocycles. The van der Waals surface area contributed by atoms with E-state index >= 15 is 0 Å². The maximum Gasteiger partial charge on any atom is 0.410 e. The van der Waals surface area contributed by atoms with Crippen LogP contribution in [-0.2, 0) is 10.3 Å². The highest BCUT2D eigenvalue weighted by Gasteiger charge is 2.30. The fourth-order valence-corrected chi connectivity index (χ4v) is 4.75. The number of halogens is 1. The maximum absolute atomic E-state index is 12.6. The molecule has 1 aromatic carbocycles. The maximum atomic E-state index is 12.6. The van der Waals surface area contributed by atoms with Crippen molar-refractivity contribution in [2.75, 3.05) is 18.4 Å². The van der Waals surface area contributed by atoms with Crippen LogP contribution in [0, 0.1) is 5.92 Å². The molecule has 2 N–H and O–H groups in total. The molecule has 1 amide bonds. The Labute approximate surface area is 223 Å². The number of aliphatic hydroxyl groups is 1. The number of carbonyl (C=O) groups excluding carboxylic acids is 1. The van der Waals surface area contributed by atoms with Crippen LogP contribution in [0.3, 0.4) is 0 Å². The summed E-state index contributed by atoms with van der Waals surface area (Å²) < 4.78 is 5.59. The first-order chi connectivity index (χ1) is 17.3. The van der Waals surface area contributed by atoms with E-state index in [-0.39, 0.29) is 18.1 Å². The molecule has 0 bridgehead atoms. The second-order valence-corrected chi connectivity index (χ2v) is 11.7. The molecule has 8 nitrogen and oxygen atoms in total. The summed E-state index contributed by atoms with van der Waals surface area (Å²) in [5.41, 5.74) is 1.75. The second kappa shape index (κ2) is 10.4. The molecule has 198 valence electrons. The van der Waals surface area contributed by atoms with Gasteiger partial charge in [0.2, 0.25) is 0 Å². The first kappa shape index (κ1) is 27.1. The Hall–Kier alpha value is -2.97. The average Bonchev–Trinajstić information content (AvgIpc) is 2.84. The standard InChI is InChI=1S/C28H36ClN5O3/c1-17(19-8-7-11-34(16-19)26(35)37-27(2,3)4)33-24-21-12-18(9-10-23(21)30-15-22(24)29)20-13-31-25(32-14-20)28(5,6)36/h9-10,12-15,17,19,36H,7-8,11,16H2,1-6H3,(H,30,33)/t17?,19-/m0/s1. The minimum absolute atomic E-state index is 0.0615. The Kier molecular flexibility index (Phi) is 7.62. The zero-order valence-electron chi connectivity index (χ0n) is 22.4. The SMILES string of the molecule is CC(Nc1c(Cl)cnc2ccc(-c3cnc(C(C)(C)O)nc3)cc12)[C@H]1CCCN(C(=O)OC(C)(C)C)C1. The van der Waals surface area contributed by atoms with Crippen molar-refractivity contribution in [3.05, 3.63) is 47.6 Å². The van der Waals surface area contributed by atoms with E-state index in [4.69, 9.17) is 16.3 Å². The number of hydrogen-bond acceptors (Lipinski definition) is 7. The van der Waals surface area contributed by atoms with E-state index in [2.05, 4.69) is 27.2 Å². The smallest absolute Gasteiger partial charge is 0.410 e. The predicted octanol–water partition coefficient (Wildman–Crippen LogP) is 6.02. The number of piperidine rings is 1. The number of carbonyl (C=O) groups is 1. The molecule has 1 aliphatic heterocycles. The molecule has 1 saturated heterocycles. The number of rotatable bonds is 5. The number of anilines is 1. The lowest BCUT2D eigenvalue weighted by Crippen LogP contribution is -2.46. The third-order valence-corrected chi connectivity index (χ3v) is 6.83. The van der Waals surface area contributed by atoms with Gasteiger partial charge in [-0.25, -0.2) is 14.8 Å². The minimum Gasteiger partial charge on any atom is -0.444 e. The minimum atomic E-state index is -1.11. The van der Waals surface area contributed by atoms with E-state index in [1.54, 1.807) is 37.3 Å². The summed E-state index contributed by atoms with van der Waals surface area (Å²) in [7, 11) is 0. The number of hydrogen-bond donors (Lipinski definition) is 2. The Morgan fingerprint density at radius 2 is 1.84 bits per heavy atom. The molecule has 3 aromatic rings. The Morgan fingerprint density at radius 1 is 1.14 bits per heavy atom. The van der Waals surface area contributed by atoms with Gasteiger partial charge in [0.25, 0.3) is 0 Å². The fraction of sp³-hybridized carbons (Fsp3) is 0.500. The first-order valence-electron chi connectivity index (χ1n) is 12.7. The van der Waals surface area contributed by atoms with E-state index < -0.39 is 11.2 Å². The quantitative estimate of drug-likeness (QED) is 0.420. The Morgan fingerprint density at radius 3 is 2.49 bits per heavy atom. The number of nitrogens with one attached hydrogen (secondary N) is 1. The summed E-state index contributed by atoms with van der Waals surface area (Å²) in [6.07, 6.45) is 6.74. The van der Waals surface area contributed by atoms with Crippen LogP contribution in [0.5, 0.6) is 0 Å². The largest absolute Gasteiger partial charge is 0.444 e. The number of nitrogens with zero attached hydrogens (tertiary/aromatic N) is 4. The number of fused-ring (bicyclic) bond motifs is 1. The number of pyridine rings is 1. The van der Waals surface area contributed by atoms with Crippen molar-refractivity contribution in [1.82, 2.24) is 19.9 Å². The highest BCUT2D eigenvalue weighted by Crippen LogP contribution is 2.35. The third kappa shape index (κ3) is 6.48. The molecular formula is C28H36ClN5O3. The lowest BCUT2D eigenvalue weighted by molar-refractivity contribution is 0.0159. The highest BCUT2D eigenvalue weighted by atomic mass is 35.5. The van der Waals surface area contributed by atoms with Crippen LogP contribution in [0.1, 0.15) is 60.2 Å². The van der Waals surface area contributed by atoms with Gasteiger partial charge < -0.3 is 20.1 Å². The van der Waals surface area contributed by atoms with Gasteiger partial charge in [0, 0.05) is 48.7 Å². The fourth-order valence-electron chi connectivity index (χ4n) is 4.54. The van der Waals surface area contributed by atoms with E-state index in [1.807, 2.05) is 39.0 Å². The molecule has 4 rings (SSSR count). The summed E-state index contributed by atoms with van der Waals surface area (Å²) >= 11 is 6.65. The topological polar surface area (TPSA) is 100 Å². The van der Waals surface area contributed by atoms with Crippen molar-refractivity contribution in [3.8, 4) is 11.1 Å². The van der Waals surface area contributed by atoms with Gasteiger partial charge in [0.05, 0.1) is 16.2 Å². The summed E-state index contributed by atoms with van der Waals surface area (Å²) in [5.74, 6) is 0.609. The molecule has 0 radical (unpaired) electrons. The molecule has 0 saturated carbocycles. The van der Waals surface area contributed by atoms with Gasteiger partial charge in [-0.2, -0.15) is 0 Å². The van der Waals surface area contributed by atoms with Crippen LogP contribution < -0.4 is 5.32 Å². The molecule has 1 aliphatic rings. The monoisotopic (exact) mass is 525 g/mol. The van der Waals surface area contributed by atoms with Crippen molar-refractivity contribution in [2.45, 2.75) is 71.6 Å². The lowest BCUT2D eigenvalue weighted by atomic mass is 9.91. The van der Waals surface area contributed by atoms with Crippen LogP contribution in [0.15, 0.2) is 36.8 Å². The van der Waals surface area contributed by atoms with Crippen molar-refractivity contribution in [2.24, 2.45) is 5.92 Å². The Balaban J connectivity index is 1.57. The highest BCUT2D eigenvalue weighted by molar-refractivity contribution is 6.34. The summed E-state index contributed by atoms with van der Waals surface area (Å²) in [5, 5.41) is 15.2.